The highest BCUT2D eigenvalue weighted by Crippen LogP contribution is 2.28. The number of hydrogen-bond donors (Lipinski definition) is 2. The largest absolute Gasteiger partial charge is 0.493 e. The Morgan fingerprint density at radius 3 is 2.24 bits per heavy atom. The molecule has 2 aromatic carbocycles. The van der Waals surface area contributed by atoms with Crippen LogP contribution in [0.25, 0.3) is 0 Å². The van der Waals surface area contributed by atoms with Crippen molar-refractivity contribution in [2.24, 2.45) is 0 Å². The highest BCUT2D eigenvalue weighted by Gasteiger charge is 2.13. The second-order valence-electron chi connectivity index (χ2n) is 6.24. The molecule has 0 aromatic heterocycles. The van der Waals surface area contributed by atoms with Crippen LogP contribution in [0.2, 0.25) is 0 Å². The molecule has 0 heterocycles. The SMILES string of the molecule is COC(=O)c1ccc(OCC(=O)NCC(=O)Nc2c(C)cccc2C)c(OC)c1. The van der Waals surface area contributed by atoms with Gasteiger partial charge in [-0.3, -0.25) is 9.59 Å². The van der Waals surface area contributed by atoms with E-state index < -0.39 is 11.9 Å². The molecule has 0 bridgehead atoms. The topological polar surface area (TPSA) is 103 Å². The van der Waals surface area contributed by atoms with Crippen molar-refractivity contribution in [1.82, 2.24) is 5.32 Å². The molecule has 2 aromatic rings. The Balaban J connectivity index is 1.87. The number of carbonyl (C=O) groups excluding carboxylic acids is 3. The summed E-state index contributed by atoms with van der Waals surface area (Å²) in [5, 5.41) is 5.29. The summed E-state index contributed by atoms with van der Waals surface area (Å²) in [5.74, 6) is -0.747. The molecule has 2 amide bonds. The number of amides is 2. The summed E-state index contributed by atoms with van der Waals surface area (Å²) in [4.78, 5) is 35.7. The quantitative estimate of drug-likeness (QED) is 0.659. The van der Waals surface area contributed by atoms with Crippen molar-refractivity contribution in [1.29, 1.82) is 0 Å². The van der Waals surface area contributed by atoms with Crippen LogP contribution >= 0.6 is 0 Å². The molecular weight excluding hydrogens is 376 g/mol. The summed E-state index contributed by atoms with van der Waals surface area (Å²) in [7, 11) is 2.70. The summed E-state index contributed by atoms with van der Waals surface area (Å²) in [6.45, 7) is 3.29. The zero-order valence-corrected chi connectivity index (χ0v) is 16.8. The van der Waals surface area contributed by atoms with Gasteiger partial charge in [0.15, 0.2) is 18.1 Å². The first-order chi connectivity index (χ1) is 13.8. The number of benzene rings is 2. The molecule has 0 saturated carbocycles. The average Bonchev–Trinajstić information content (AvgIpc) is 2.72. The van der Waals surface area contributed by atoms with E-state index in [1.54, 1.807) is 0 Å². The number of esters is 1. The standard InChI is InChI=1S/C21H24N2O6/c1-13-6-5-7-14(2)20(13)23-18(24)11-22-19(25)12-29-16-9-8-15(21(26)28-4)10-17(16)27-3/h5-10H,11-12H2,1-4H3,(H,22,25)(H,23,24). The number of hydrogen-bond acceptors (Lipinski definition) is 6. The molecule has 8 nitrogen and oxygen atoms in total. The van der Waals surface area contributed by atoms with Gasteiger partial charge in [0.2, 0.25) is 5.91 Å². The van der Waals surface area contributed by atoms with Crippen LogP contribution in [0, 0.1) is 13.8 Å². The van der Waals surface area contributed by atoms with E-state index in [2.05, 4.69) is 15.4 Å². The van der Waals surface area contributed by atoms with E-state index in [4.69, 9.17) is 9.47 Å². The lowest BCUT2D eigenvalue weighted by Crippen LogP contribution is -2.36. The van der Waals surface area contributed by atoms with Crippen LogP contribution in [-0.2, 0) is 14.3 Å². The van der Waals surface area contributed by atoms with Gasteiger partial charge < -0.3 is 24.8 Å². The number of anilines is 1. The molecule has 0 atom stereocenters. The zero-order valence-electron chi connectivity index (χ0n) is 16.8. The fourth-order valence-corrected chi connectivity index (χ4v) is 2.60. The van der Waals surface area contributed by atoms with E-state index >= 15 is 0 Å². The average molecular weight is 400 g/mol. The van der Waals surface area contributed by atoms with Crippen LogP contribution in [0.5, 0.6) is 11.5 Å². The van der Waals surface area contributed by atoms with Gasteiger partial charge in [0, 0.05) is 5.69 Å². The van der Waals surface area contributed by atoms with E-state index in [0.717, 1.165) is 16.8 Å². The lowest BCUT2D eigenvalue weighted by molar-refractivity contribution is -0.125. The van der Waals surface area contributed by atoms with Crippen LogP contribution in [-0.4, -0.2) is 45.2 Å². The Hall–Kier alpha value is -3.55. The van der Waals surface area contributed by atoms with Crippen LogP contribution in [0.15, 0.2) is 36.4 Å². The number of para-hydroxylation sites is 1. The molecule has 154 valence electrons. The maximum atomic E-state index is 12.1. The third kappa shape index (κ3) is 5.97. The second-order valence-corrected chi connectivity index (χ2v) is 6.24. The van der Waals surface area contributed by atoms with Crippen molar-refractivity contribution in [3.05, 3.63) is 53.1 Å². The molecular formula is C21H24N2O6. The Labute approximate surface area is 169 Å². The van der Waals surface area contributed by atoms with Gasteiger partial charge in [-0.2, -0.15) is 0 Å². The number of aryl methyl sites for hydroxylation is 2. The molecule has 0 unspecified atom stereocenters. The minimum atomic E-state index is -0.512. The van der Waals surface area contributed by atoms with Crippen molar-refractivity contribution >= 4 is 23.5 Å². The Morgan fingerprint density at radius 2 is 1.62 bits per heavy atom. The number of methoxy groups -OCH3 is 2. The van der Waals surface area contributed by atoms with E-state index in [-0.39, 0.29) is 30.6 Å². The fraction of sp³-hybridized carbons (Fsp3) is 0.286. The molecule has 0 fully saturated rings. The minimum absolute atomic E-state index is 0.186. The first-order valence-corrected chi connectivity index (χ1v) is 8.87. The third-order valence-electron chi connectivity index (χ3n) is 4.14. The van der Waals surface area contributed by atoms with Gasteiger partial charge in [0.1, 0.15) is 0 Å². The number of ether oxygens (including phenoxy) is 3. The van der Waals surface area contributed by atoms with Crippen LogP contribution in [0.1, 0.15) is 21.5 Å². The number of nitrogens with one attached hydrogen (secondary N) is 2. The lowest BCUT2D eigenvalue weighted by atomic mass is 10.1. The van der Waals surface area contributed by atoms with E-state index in [0.29, 0.717) is 5.56 Å². The van der Waals surface area contributed by atoms with Gasteiger partial charge >= 0.3 is 5.97 Å². The predicted molar refractivity (Wildman–Crippen MR) is 107 cm³/mol. The molecule has 0 radical (unpaired) electrons. The van der Waals surface area contributed by atoms with Gasteiger partial charge in [-0.15, -0.1) is 0 Å². The van der Waals surface area contributed by atoms with Gasteiger partial charge in [-0.1, -0.05) is 18.2 Å². The highest BCUT2D eigenvalue weighted by molar-refractivity contribution is 5.96. The van der Waals surface area contributed by atoms with Gasteiger partial charge in [0.25, 0.3) is 5.91 Å². The maximum absolute atomic E-state index is 12.1. The normalized spacial score (nSPS) is 10.1. The van der Waals surface area contributed by atoms with E-state index in [1.807, 2.05) is 32.0 Å². The molecule has 0 aliphatic rings. The number of rotatable bonds is 8. The molecule has 29 heavy (non-hydrogen) atoms. The Bertz CT molecular complexity index is 890. The monoisotopic (exact) mass is 400 g/mol. The van der Waals surface area contributed by atoms with Crippen molar-refractivity contribution in [3.63, 3.8) is 0 Å². The van der Waals surface area contributed by atoms with Gasteiger partial charge in [0.05, 0.1) is 26.3 Å². The summed E-state index contributed by atoms with van der Waals surface area (Å²) in [6, 6.07) is 10.2. The fourth-order valence-electron chi connectivity index (χ4n) is 2.60. The zero-order chi connectivity index (χ0) is 21.4. The first kappa shape index (κ1) is 21.7. The first-order valence-electron chi connectivity index (χ1n) is 8.87. The molecule has 0 aliphatic carbocycles. The van der Waals surface area contributed by atoms with Crippen molar-refractivity contribution in [3.8, 4) is 11.5 Å². The van der Waals surface area contributed by atoms with Crippen LogP contribution < -0.4 is 20.1 Å². The molecule has 0 saturated heterocycles. The Kier molecular flexibility index (Phi) is 7.59. The van der Waals surface area contributed by atoms with Crippen LogP contribution in [0.3, 0.4) is 0 Å². The predicted octanol–water partition coefficient (Wildman–Crippen LogP) is 2.23. The minimum Gasteiger partial charge on any atom is -0.493 e. The third-order valence-corrected chi connectivity index (χ3v) is 4.14. The molecule has 2 rings (SSSR count). The maximum Gasteiger partial charge on any atom is 0.337 e. The number of carbonyl (C=O) groups is 3. The second kappa shape index (κ2) is 10.1. The van der Waals surface area contributed by atoms with Gasteiger partial charge in [-0.25, -0.2) is 4.79 Å². The van der Waals surface area contributed by atoms with Crippen molar-refractivity contribution in [2.75, 3.05) is 32.7 Å². The molecule has 0 aliphatic heterocycles. The lowest BCUT2D eigenvalue weighted by Gasteiger charge is -2.13. The molecule has 8 heteroatoms. The van der Waals surface area contributed by atoms with Crippen molar-refractivity contribution < 1.29 is 28.6 Å². The highest BCUT2D eigenvalue weighted by atomic mass is 16.5. The summed E-state index contributed by atoms with van der Waals surface area (Å²) in [6.07, 6.45) is 0. The summed E-state index contributed by atoms with van der Waals surface area (Å²) in [5.41, 5.74) is 2.91. The van der Waals surface area contributed by atoms with Gasteiger partial charge in [-0.05, 0) is 43.2 Å². The van der Waals surface area contributed by atoms with Crippen molar-refractivity contribution in [2.45, 2.75) is 13.8 Å². The summed E-state index contributed by atoms with van der Waals surface area (Å²) < 4.78 is 15.2. The smallest absolute Gasteiger partial charge is 0.337 e. The van der Waals surface area contributed by atoms with E-state index in [9.17, 15) is 14.4 Å². The van der Waals surface area contributed by atoms with Crippen LogP contribution in [0.4, 0.5) is 5.69 Å². The van der Waals surface area contributed by atoms with E-state index in [1.165, 1.54) is 32.4 Å². The molecule has 2 N–H and O–H groups in total. The molecule has 0 spiro atoms. The Morgan fingerprint density at radius 1 is 0.931 bits per heavy atom. The summed E-state index contributed by atoms with van der Waals surface area (Å²) >= 11 is 0.